The predicted octanol–water partition coefficient (Wildman–Crippen LogP) is 3.99. The van der Waals surface area contributed by atoms with E-state index in [1.807, 2.05) is 4.90 Å². The van der Waals surface area contributed by atoms with Gasteiger partial charge >= 0.3 is 0 Å². The molecule has 1 heterocycles. The van der Waals surface area contributed by atoms with Gasteiger partial charge in [0.2, 0.25) is 5.91 Å². The van der Waals surface area contributed by atoms with Crippen molar-refractivity contribution in [1.82, 2.24) is 5.32 Å². The molecule has 0 spiro atoms. The topological polar surface area (TPSA) is 70.7 Å². The molecule has 2 amide bonds. The number of benzene rings is 2. The molecule has 148 valence electrons. The van der Waals surface area contributed by atoms with Crippen molar-refractivity contribution in [2.75, 3.05) is 29.9 Å². The van der Waals surface area contributed by atoms with Crippen LogP contribution in [0.3, 0.4) is 0 Å². The molecule has 1 fully saturated rings. The Morgan fingerprint density at radius 3 is 2.64 bits per heavy atom. The third-order valence-electron chi connectivity index (χ3n) is 4.16. The van der Waals surface area contributed by atoms with E-state index < -0.39 is 6.10 Å². The molecule has 0 bridgehead atoms. The molecule has 0 saturated carbocycles. The molecule has 1 aliphatic heterocycles. The van der Waals surface area contributed by atoms with Crippen LogP contribution in [0.4, 0.5) is 11.4 Å². The molecule has 0 aromatic heterocycles. The Labute approximate surface area is 177 Å². The molecule has 3 rings (SSSR count). The fourth-order valence-corrected chi connectivity index (χ4v) is 3.50. The van der Waals surface area contributed by atoms with Crippen molar-refractivity contribution in [2.24, 2.45) is 0 Å². The number of carbonyl (C=O) groups excluding carboxylic acids is 2. The number of nitrogens with zero attached hydrogens (tertiary/aromatic N) is 1. The van der Waals surface area contributed by atoms with Crippen LogP contribution in [0, 0.1) is 0 Å². The smallest absolute Gasteiger partial charge is 0.265 e. The Morgan fingerprint density at radius 1 is 1.18 bits per heavy atom. The first-order valence-electron chi connectivity index (χ1n) is 8.57. The van der Waals surface area contributed by atoms with Crippen LogP contribution >= 0.6 is 34.8 Å². The lowest BCUT2D eigenvalue weighted by molar-refractivity contribution is -0.122. The lowest BCUT2D eigenvalue weighted by atomic mass is 10.2. The molecule has 0 aliphatic carbocycles. The number of nitrogens with one attached hydrogen (secondary N) is 2. The zero-order chi connectivity index (χ0) is 20.3. The molecule has 2 aromatic rings. The molecular weight excluding hydrogens is 425 g/mol. The van der Waals surface area contributed by atoms with Crippen LogP contribution in [-0.2, 0) is 9.59 Å². The van der Waals surface area contributed by atoms with E-state index in [-0.39, 0.29) is 18.4 Å². The van der Waals surface area contributed by atoms with Crippen LogP contribution in [0.5, 0.6) is 5.75 Å². The second-order valence-electron chi connectivity index (χ2n) is 6.26. The average Bonchev–Trinajstić information content (AvgIpc) is 2.64. The predicted molar refractivity (Wildman–Crippen MR) is 112 cm³/mol. The molecule has 28 heavy (non-hydrogen) atoms. The largest absolute Gasteiger partial charge is 0.479 e. The first-order valence-corrected chi connectivity index (χ1v) is 9.70. The first kappa shape index (κ1) is 20.6. The highest BCUT2D eigenvalue weighted by Crippen LogP contribution is 2.30. The van der Waals surface area contributed by atoms with Gasteiger partial charge in [-0.3, -0.25) is 9.59 Å². The van der Waals surface area contributed by atoms with Crippen LogP contribution in [0.2, 0.25) is 15.1 Å². The number of hydrogen-bond acceptors (Lipinski definition) is 4. The van der Waals surface area contributed by atoms with E-state index in [9.17, 15) is 9.59 Å². The molecule has 1 aliphatic rings. The Balaban J connectivity index is 1.64. The van der Waals surface area contributed by atoms with Crippen molar-refractivity contribution in [3.05, 3.63) is 51.5 Å². The van der Waals surface area contributed by atoms with Crippen molar-refractivity contribution in [3.8, 4) is 5.75 Å². The summed E-state index contributed by atoms with van der Waals surface area (Å²) >= 11 is 18.3. The number of piperazine rings is 1. The highest BCUT2D eigenvalue weighted by atomic mass is 35.5. The second kappa shape index (κ2) is 8.90. The van der Waals surface area contributed by atoms with Gasteiger partial charge in [-0.2, -0.15) is 0 Å². The summed E-state index contributed by atoms with van der Waals surface area (Å²) in [5.41, 5.74) is 1.27. The number of rotatable bonds is 5. The van der Waals surface area contributed by atoms with Crippen LogP contribution < -0.4 is 20.3 Å². The molecule has 6 nitrogen and oxygen atoms in total. The van der Waals surface area contributed by atoms with Gasteiger partial charge in [0.05, 0.1) is 22.3 Å². The first-order chi connectivity index (χ1) is 13.3. The minimum absolute atomic E-state index is 0.0495. The Morgan fingerprint density at radius 2 is 1.96 bits per heavy atom. The van der Waals surface area contributed by atoms with Gasteiger partial charge in [-0.15, -0.1) is 0 Å². The highest BCUT2D eigenvalue weighted by Gasteiger charge is 2.20. The van der Waals surface area contributed by atoms with E-state index in [1.54, 1.807) is 43.3 Å². The Bertz CT molecular complexity index is 907. The summed E-state index contributed by atoms with van der Waals surface area (Å²) in [5, 5.41) is 6.78. The number of amides is 2. The summed E-state index contributed by atoms with van der Waals surface area (Å²) < 4.78 is 5.61. The van der Waals surface area contributed by atoms with Gasteiger partial charge in [-0.1, -0.05) is 34.8 Å². The molecule has 0 radical (unpaired) electrons. The van der Waals surface area contributed by atoms with E-state index >= 15 is 0 Å². The zero-order valence-electron chi connectivity index (χ0n) is 15.0. The van der Waals surface area contributed by atoms with Crippen LogP contribution in [0.25, 0.3) is 0 Å². The molecule has 2 aromatic carbocycles. The number of carbonyl (C=O) groups is 2. The molecule has 2 N–H and O–H groups in total. The third kappa shape index (κ3) is 5.01. The zero-order valence-corrected chi connectivity index (χ0v) is 17.2. The number of hydrogen-bond donors (Lipinski definition) is 2. The highest BCUT2D eigenvalue weighted by molar-refractivity contribution is 6.35. The third-order valence-corrected chi connectivity index (χ3v) is 4.99. The van der Waals surface area contributed by atoms with Crippen molar-refractivity contribution >= 4 is 58.0 Å². The summed E-state index contributed by atoms with van der Waals surface area (Å²) in [6, 6.07) is 9.93. The van der Waals surface area contributed by atoms with Gasteiger partial charge in [0.1, 0.15) is 5.75 Å². The number of ether oxygens (including phenoxy) is 1. The van der Waals surface area contributed by atoms with Crippen LogP contribution in [0.15, 0.2) is 36.4 Å². The van der Waals surface area contributed by atoms with Crippen molar-refractivity contribution in [1.29, 1.82) is 0 Å². The van der Waals surface area contributed by atoms with Gasteiger partial charge in [0.25, 0.3) is 5.91 Å². The normalized spacial score (nSPS) is 15.0. The quantitative estimate of drug-likeness (QED) is 0.734. The Hall–Kier alpha value is -2.15. The van der Waals surface area contributed by atoms with Gasteiger partial charge in [0.15, 0.2) is 6.10 Å². The van der Waals surface area contributed by atoms with Crippen molar-refractivity contribution in [3.63, 3.8) is 0 Å². The SMILES string of the molecule is CC(Oc1ccc(Cl)cc1Cl)C(=O)Nc1ccc(N2CCNC(=O)C2)c(Cl)c1. The van der Waals surface area contributed by atoms with E-state index in [4.69, 9.17) is 39.5 Å². The summed E-state index contributed by atoms with van der Waals surface area (Å²) in [4.78, 5) is 25.9. The fraction of sp³-hybridized carbons (Fsp3) is 0.263. The second-order valence-corrected chi connectivity index (χ2v) is 7.51. The van der Waals surface area contributed by atoms with Gasteiger partial charge < -0.3 is 20.3 Å². The van der Waals surface area contributed by atoms with Crippen LogP contribution in [-0.4, -0.2) is 37.6 Å². The van der Waals surface area contributed by atoms with E-state index in [0.29, 0.717) is 39.6 Å². The monoisotopic (exact) mass is 441 g/mol. The van der Waals surface area contributed by atoms with Gasteiger partial charge in [0, 0.05) is 23.8 Å². The molecule has 1 unspecified atom stereocenters. The van der Waals surface area contributed by atoms with E-state index in [1.165, 1.54) is 0 Å². The van der Waals surface area contributed by atoms with Crippen molar-refractivity contribution < 1.29 is 14.3 Å². The summed E-state index contributed by atoms with van der Waals surface area (Å²) in [5.74, 6) is -0.0378. The minimum Gasteiger partial charge on any atom is -0.479 e. The van der Waals surface area contributed by atoms with Crippen molar-refractivity contribution in [2.45, 2.75) is 13.0 Å². The average molecular weight is 443 g/mol. The minimum atomic E-state index is -0.789. The summed E-state index contributed by atoms with van der Waals surface area (Å²) in [6.07, 6.45) is -0.789. The standard InChI is InChI=1S/C19H18Cl3N3O3/c1-11(28-17-5-2-12(20)8-15(17)22)19(27)24-13-3-4-16(14(21)9-13)25-7-6-23-18(26)10-25/h2-5,8-9,11H,6-7,10H2,1H3,(H,23,26)(H,24,27). The van der Waals surface area contributed by atoms with Gasteiger partial charge in [-0.25, -0.2) is 0 Å². The molecule has 1 atom stereocenters. The van der Waals surface area contributed by atoms with Gasteiger partial charge in [-0.05, 0) is 43.3 Å². The summed E-state index contributed by atoms with van der Waals surface area (Å²) in [6.45, 7) is 3.10. The lowest BCUT2D eigenvalue weighted by Gasteiger charge is -2.29. The number of halogens is 3. The Kier molecular flexibility index (Phi) is 6.54. The maximum Gasteiger partial charge on any atom is 0.265 e. The molecular formula is C19H18Cl3N3O3. The van der Waals surface area contributed by atoms with E-state index in [0.717, 1.165) is 5.69 Å². The lowest BCUT2D eigenvalue weighted by Crippen LogP contribution is -2.47. The fourth-order valence-electron chi connectivity index (χ4n) is 2.74. The number of anilines is 2. The maximum atomic E-state index is 12.4. The van der Waals surface area contributed by atoms with E-state index in [2.05, 4.69) is 10.6 Å². The summed E-state index contributed by atoms with van der Waals surface area (Å²) in [7, 11) is 0. The maximum absolute atomic E-state index is 12.4. The molecule has 9 heteroatoms. The molecule has 1 saturated heterocycles. The van der Waals surface area contributed by atoms with Crippen LogP contribution in [0.1, 0.15) is 6.92 Å².